The van der Waals surface area contributed by atoms with Crippen LogP contribution in [0.15, 0.2) is 71.2 Å². The Kier molecular flexibility index (Phi) is 5.83. The lowest BCUT2D eigenvalue weighted by molar-refractivity contribution is -0.138. The topological polar surface area (TPSA) is 72.6 Å². The van der Waals surface area contributed by atoms with Crippen LogP contribution in [0.2, 0.25) is 5.02 Å². The van der Waals surface area contributed by atoms with Gasteiger partial charge < -0.3 is 10.5 Å². The van der Waals surface area contributed by atoms with Gasteiger partial charge in [-0.3, -0.25) is 9.69 Å². The highest BCUT2D eigenvalue weighted by Gasteiger charge is 2.43. The first-order valence-electron chi connectivity index (χ1n) is 10.2. The first kappa shape index (κ1) is 21.1. The van der Waals surface area contributed by atoms with Crippen LogP contribution in [0.4, 0.5) is 10.1 Å². The molecule has 0 amide bonds. The number of esters is 1. The summed E-state index contributed by atoms with van der Waals surface area (Å²) >= 11 is 6.06. The average Bonchev–Trinajstić information content (AvgIpc) is 2.75. The summed E-state index contributed by atoms with van der Waals surface area (Å²) in [5.74, 6) is -1.49. The second-order valence-corrected chi connectivity index (χ2v) is 7.89. The fourth-order valence-electron chi connectivity index (χ4n) is 4.27. The molecule has 5 nitrogen and oxygen atoms in total. The van der Waals surface area contributed by atoms with Gasteiger partial charge >= 0.3 is 5.97 Å². The van der Waals surface area contributed by atoms with Gasteiger partial charge in [0.15, 0.2) is 5.78 Å². The number of halogens is 2. The van der Waals surface area contributed by atoms with Crippen molar-refractivity contribution in [2.75, 3.05) is 11.5 Å². The highest BCUT2D eigenvalue weighted by atomic mass is 35.5. The molecule has 1 aliphatic heterocycles. The second kappa shape index (κ2) is 8.55. The van der Waals surface area contributed by atoms with Crippen LogP contribution in [0, 0.1) is 5.82 Å². The Morgan fingerprint density at radius 3 is 2.48 bits per heavy atom. The maximum absolute atomic E-state index is 13.6. The minimum atomic E-state index is -0.657. The summed E-state index contributed by atoms with van der Waals surface area (Å²) in [6, 6.07) is 12.8. The van der Waals surface area contributed by atoms with Crippen LogP contribution in [-0.2, 0) is 14.3 Å². The number of ether oxygens (including phenoxy) is 1. The molecule has 1 unspecified atom stereocenters. The molecular formula is C24H22ClFN2O3. The number of ketones is 1. The third-order valence-corrected chi connectivity index (χ3v) is 5.83. The summed E-state index contributed by atoms with van der Waals surface area (Å²) in [5.41, 5.74) is 9.34. The van der Waals surface area contributed by atoms with Crippen molar-refractivity contribution in [2.45, 2.75) is 32.1 Å². The largest absolute Gasteiger partial charge is 0.463 e. The first-order valence-corrected chi connectivity index (χ1v) is 10.5. The van der Waals surface area contributed by atoms with E-state index in [1.165, 1.54) is 12.1 Å². The standard InChI is InChI=1S/C24H22ClFN2O3/c1-2-31-24(30)22-20(14-6-8-15(25)9-7-14)21-18(4-3-5-19(21)29)28(23(22)27)17-12-10-16(26)11-13-17/h6-13,20H,2-5,27H2,1H3. The SMILES string of the molecule is CCOC(=O)C1=C(N)N(c2ccc(F)cc2)C2=C(C(=O)CCC2)C1c1ccc(Cl)cc1. The van der Waals surface area contributed by atoms with Crippen molar-refractivity contribution < 1.29 is 18.7 Å². The van der Waals surface area contributed by atoms with E-state index in [9.17, 15) is 14.0 Å². The lowest BCUT2D eigenvalue weighted by Gasteiger charge is -2.40. The molecule has 1 heterocycles. The Labute approximate surface area is 184 Å². The molecule has 7 heteroatoms. The first-order chi connectivity index (χ1) is 14.9. The van der Waals surface area contributed by atoms with Crippen LogP contribution in [0.5, 0.6) is 0 Å². The van der Waals surface area contributed by atoms with Gasteiger partial charge in [-0.1, -0.05) is 23.7 Å². The van der Waals surface area contributed by atoms with E-state index in [1.54, 1.807) is 48.2 Å². The van der Waals surface area contributed by atoms with E-state index >= 15 is 0 Å². The number of nitrogens with zero attached hydrogens (tertiary/aromatic N) is 1. The van der Waals surface area contributed by atoms with Crippen molar-refractivity contribution in [1.82, 2.24) is 0 Å². The Bertz CT molecular complexity index is 1090. The summed E-state index contributed by atoms with van der Waals surface area (Å²) in [4.78, 5) is 27.9. The molecule has 0 spiro atoms. The van der Waals surface area contributed by atoms with E-state index in [2.05, 4.69) is 0 Å². The molecule has 0 aromatic heterocycles. The molecule has 0 saturated carbocycles. The van der Waals surface area contributed by atoms with E-state index in [4.69, 9.17) is 22.1 Å². The highest BCUT2D eigenvalue weighted by Crippen LogP contribution is 2.46. The number of carbonyl (C=O) groups excluding carboxylic acids is 2. The van der Waals surface area contributed by atoms with Crippen LogP contribution in [0.3, 0.4) is 0 Å². The number of carbonyl (C=O) groups is 2. The van der Waals surface area contributed by atoms with E-state index in [0.717, 1.165) is 11.3 Å². The van der Waals surface area contributed by atoms with Crippen LogP contribution in [0.25, 0.3) is 0 Å². The molecule has 1 atom stereocenters. The number of Topliss-reactive ketones (excluding diaryl/α,β-unsaturated/α-hetero) is 1. The molecular weight excluding hydrogens is 419 g/mol. The third kappa shape index (κ3) is 3.83. The van der Waals surface area contributed by atoms with Crippen LogP contribution >= 0.6 is 11.6 Å². The molecule has 0 fully saturated rings. The Morgan fingerprint density at radius 2 is 1.84 bits per heavy atom. The number of benzene rings is 2. The Morgan fingerprint density at radius 1 is 1.16 bits per heavy atom. The zero-order chi connectivity index (χ0) is 22.1. The summed E-state index contributed by atoms with van der Waals surface area (Å²) in [6.07, 6.45) is 1.67. The Balaban J connectivity index is 1.98. The smallest absolute Gasteiger partial charge is 0.338 e. The molecule has 2 aromatic carbocycles. The minimum Gasteiger partial charge on any atom is -0.463 e. The lowest BCUT2D eigenvalue weighted by Crippen LogP contribution is -2.41. The number of allylic oxidation sites excluding steroid dienone is 2. The van der Waals surface area contributed by atoms with E-state index < -0.39 is 11.9 Å². The van der Waals surface area contributed by atoms with E-state index in [1.807, 2.05) is 0 Å². The molecule has 0 radical (unpaired) electrons. The number of rotatable bonds is 4. The van der Waals surface area contributed by atoms with Gasteiger partial charge in [-0.05, 0) is 61.7 Å². The summed E-state index contributed by atoms with van der Waals surface area (Å²) < 4.78 is 18.9. The van der Waals surface area contributed by atoms with Gasteiger partial charge in [-0.25, -0.2) is 9.18 Å². The molecule has 1 aliphatic carbocycles. The predicted molar refractivity (Wildman–Crippen MR) is 117 cm³/mol. The molecule has 0 bridgehead atoms. The highest BCUT2D eigenvalue weighted by molar-refractivity contribution is 6.30. The maximum Gasteiger partial charge on any atom is 0.338 e. The van der Waals surface area contributed by atoms with Gasteiger partial charge in [0, 0.05) is 28.4 Å². The van der Waals surface area contributed by atoms with Gasteiger partial charge in [-0.2, -0.15) is 0 Å². The van der Waals surface area contributed by atoms with Crippen LogP contribution < -0.4 is 10.6 Å². The van der Waals surface area contributed by atoms with E-state index in [0.29, 0.717) is 35.5 Å². The zero-order valence-corrected chi connectivity index (χ0v) is 17.8. The molecule has 2 aromatic rings. The minimum absolute atomic E-state index is 0.0392. The molecule has 2 aliphatic rings. The molecule has 31 heavy (non-hydrogen) atoms. The fourth-order valence-corrected chi connectivity index (χ4v) is 4.40. The van der Waals surface area contributed by atoms with Crippen LogP contribution in [-0.4, -0.2) is 18.4 Å². The van der Waals surface area contributed by atoms with Crippen molar-refractivity contribution in [3.05, 3.63) is 87.6 Å². The zero-order valence-electron chi connectivity index (χ0n) is 17.0. The van der Waals surface area contributed by atoms with Gasteiger partial charge in [0.2, 0.25) is 0 Å². The second-order valence-electron chi connectivity index (χ2n) is 7.45. The van der Waals surface area contributed by atoms with Crippen molar-refractivity contribution in [3.63, 3.8) is 0 Å². The predicted octanol–water partition coefficient (Wildman–Crippen LogP) is 4.82. The number of anilines is 1. The van der Waals surface area contributed by atoms with Crippen molar-refractivity contribution in [2.24, 2.45) is 5.73 Å². The summed E-state index contributed by atoms with van der Waals surface area (Å²) in [7, 11) is 0. The van der Waals surface area contributed by atoms with Crippen molar-refractivity contribution >= 4 is 29.0 Å². The summed E-state index contributed by atoms with van der Waals surface area (Å²) in [5, 5.41) is 0.548. The molecule has 4 rings (SSSR count). The number of hydrogen-bond donors (Lipinski definition) is 1. The van der Waals surface area contributed by atoms with Gasteiger partial charge in [0.25, 0.3) is 0 Å². The molecule has 2 N–H and O–H groups in total. The van der Waals surface area contributed by atoms with Gasteiger partial charge in [0.05, 0.1) is 18.1 Å². The third-order valence-electron chi connectivity index (χ3n) is 5.58. The van der Waals surface area contributed by atoms with Gasteiger partial charge in [0.1, 0.15) is 11.6 Å². The molecule has 160 valence electrons. The monoisotopic (exact) mass is 440 g/mol. The van der Waals surface area contributed by atoms with Crippen LogP contribution in [0.1, 0.15) is 37.7 Å². The number of hydrogen-bond acceptors (Lipinski definition) is 5. The fraction of sp³-hybridized carbons (Fsp3) is 0.250. The quantitative estimate of drug-likeness (QED) is 0.690. The average molecular weight is 441 g/mol. The molecule has 0 saturated heterocycles. The Hall–Kier alpha value is -3.12. The normalized spacial score (nSPS) is 18.9. The van der Waals surface area contributed by atoms with E-state index in [-0.39, 0.29) is 29.6 Å². The van der Waals surface area contributed by atoms with Crippen molar-refractivity contribution in [3.8, 4) is 0 Å². The van der Waals surface area contributed by atoms with Gasteiger partial charge in [-0.15, -0.1) is 0 Å². The number of nitrogens with two attached hydrogens (primary N) is 1. The van der Waals surface area contributed by atoms with Crippen molar-refractivity contribution in [1.29, 1.82) is 0 Å². The maximum atomic E-state index is 13.6. The summed E-state index contributed by atoms with van der Waals surface area (Å²) in [6.45, 7) is 1.88. The lowest BCUT2D eigenvalue weighted by atomic mass is 9.75.